The normalized spacial score (nSPS) is 28.4. The van der Waals surface area contributed by atoms with Gasteiger partial charge in [-0.1, -0.05) is 20.8 Å². The first-order valence-corrected chi connectivity index (χ1v) is 8.66. The number of amides is 1. The smallest absolute Gasteiger partial charge is 0.271 e. The summed E-state index contributed by atoms with van der Waals surface area (Å²) in [5.41, 5.74) is 5.55. The molecular formula is C19H22N4O2. The van der Waals surface area contributed by atoms with E-state index in [1.807, 2.05) is 0 Å². The van der Waals surface area contributed by atoms with Crippen LogP contribution in [-0.2, 0) is 0 Å². The molecule has 0 unspecified atom stereocenters. The third-order valence-corrected chi connectivity index (χ3v) is 6.56. The van der Waals surface area contributed by atoms with Gasteiger partial charge in [-0.25, -0.2) is 5.43 Å². The first kappa shape index (κ1) is 16.0. The lowest BCUT2D eigenvalue weighted by molar-refractivity contribution is 0.0954. The topological polar surface area (TPSA) is 80.4 Å². The summed E-state index contributed by atoms with van der Waals surface area (Å²) in [5.74, 6) is 0.903. The molecule has 0 saturated heterocycles. The molecule has 6 heteroatoms. The van der Waals surface area contributed by atoms with Gasteiger partial charge in [0.1, 0.15) is 0 Å². The molecule has 2 aliphatic rings. The largest absolute Gasteiger partial charge is 0.423 e. The molecule has 1 heterocycles. The van der Waals surface area contributed by atoms with Gasteiger partial charge in [0.05, 0.1) is 0 Å². The highest BCUT2D eigenvalue weighted by Crippen LogP contribution is 2.63. The van der Waals surface area contributed by atoms with Crippen LogP contribution in [0.5, 0.6) is 0 Å². The number of nitrogens with one attached hydrogen (secondary N) is 1. The number of fused-ring (bicyclic) bond motifs is 2. The number of aromatic nitrogens is 2. The van der Waals surface area contributed by atoms with Crippen molar-refractivity contribution >= 4 is 11.6 Å². The van der Waals surface area contributed by atoms with Crippen molar-refractivity contribution in [2.45, 2.75) is 40.0 Å². The number of hydrogen-bond donors (Lipinski definition) is 1. The van der Waals surface area contributed by atoms with Crippen LogP contribution in [-0.4, -0.2) is 21.8 Å². The molecule has 2 aliphatic carbocycles. The van der Waals surface area contributed by atoms with Crippen molar-refractivity contribution in [3.05, 3.63) is 36.2 Å². The van der Waals surface area contributed by atoms with Crippen molar-refractivity contribution in [3.63, 3.8) is 0 Å². The summed E-state index contributed by atoms with van der Waals surface area (Å²) in [6, 6.07) is 7.05. The molecule has 2 bridgehead atoms. The van der Waals surface area contributed by atoms with E-state index in [4.69, 9.17) is 4.42 Å². The molecule has 1 aromatic carbocycles. The highest BCUT2D eigenvalue weighted by atomic mass is 16.4. The summed E-state index contributed by atoms with van der Waals surface area (Å²) in [5, 5.41) is 12.0. The van der Waals surface area contributed by atoms with Gasteiger partial charge in [-0.15, -0.1) is 10.2 Å². The van der Waals surface area contributed by atoms with Gasteiger partial charge in [0.2, 0.25) is 12.3 Å². The fraction of sp³-hybridized carbons (Fsp3) is 0.474. The summed E-state index contributed by atoms with van der Waals surface area (Å²) in [6.45, 7) is 6.93. The van der Waals surface area contributed by atoms with Gasteiger partial charge >= 0.3 is 0 Å². The first-order chi connectivity index (χ1) is 11.9. The van der Waals surface area contributed by atoms with E-state index in [9.17, 15) is 4.79 Å². The van der Waals surface area contributed by atoms with Crippen LogP contribution >= 0.6 is 0 Å². The molecule has 2 fully saturated rings. The van der Waals surface area contributed by atoms with Gasteiger partial charge in [-0.2, -0.15) is 5.10 Å². The lowest BCUT2D eigenvalue weighted by Gasteiger charge is -2.34. The minimum absolute atomic E-state index is 0.0900. The maximum absolute atomic E-state index is 12.4. The van der Waals surface area contributed by atoms with Crippen LogP contribution < -0.4 is 5.43 Å². The van der Waals surface area contributed by atoms with Crippen LogP contribution in [0.15, 0.2) is 40.2 Å². The first-order valence-electron chi connectivity index (χ1n) is 8.66. The number of hydrazone groups is 1. The van der Waals surface area contributed by atoms with Gasteiger partial charge < -0.3 is 4.42 Å². The molecule has 1 amide bonds. The van der Waals surface area contributed by atoms with E-state index >= 15 is 0 Å². The lowest BCUT2D eigenvalue weighted by Crippen LogP contribution is -2.34. The van der Waals surface area contributed by atoms with E-state index in [-0.39, 0.29) is 16.7 Å². The molecule has 2 saturated carbocycles. The molecule has 1 N–H and O–H groups in total. The fourth-order valence-electron chi connectivity index (χ4n) is 4.34. The molecule has 2 atom stereocenters. The summed E-state index contributed by atoms with van der Waals surface area (Å²) in [7, 11) is 0. The summed E-state index contributed by atoms with van der Waals surface area (Å²) < 4.78 is 5.15. The predicted octanol–water partition coefficient (Wildman–Crippen LogP) is 3.67. The minimum Gasteiger partial charge on any atom is -0.423 e. The minimum atomic E-state index is -0.200. The van der Waals surface area contributed by atoms with E-state index < -0.39 is 0 Å². The predicted molar refractivity (Wildman–Crippen MR) is 93.9 cm³/mol. The molecule has 25 heavy (non-hydrogen) atoms. The van der Waals surface area contributed by atoms with Gasteiger partial charge in [0.15, 0.2) is 0 Å². The van der Waals surface area contributed by atoms with Crippen molar-refractivity contribution in [1.82, 2.24) is 15.6 Å². The number of nitrogens with zero attached hydrogens (tertiary/aromatic N) is 3. The van der Waals surface area contributed by atoms with Crippen molar-refractivity contribution in [2.24, 2.45) is 21.8 Å². The van der Waals surface area contributed by atoms with Crippen LogP contribution in [0.4, 0.5) is 0 Å². The standard InChI is InChI=1S/C19H22N4O2/c1-18(2)14-8-9-19(18,3)15(10-14)21-22-16(24)12-4-6-13(7-5-12)17-23-20-11-25-17/h4-7,11,14H,8-10H2,1-3H3,(H,22,24)/b21-15+/t14-,19-/m1/s1. The third kappa shape index (κ3) is 2.39. The van der Waals surface area contributed by atoms with Gasteiger partial charge in [0, 0.05) is 22.3 Å². The second-order valence-corrected chi connectivity index (χ2v) is 7.81. The Bertz CT molecular complexity index is 824. The maximum Gasteiger partial charge on any atom is 0.271 e. The molecule has 130 valence electrons. The average Bonchev–Trinajstić information content (AvgIpc) is 3.26. The molecule has 6 nitrogen and oxygen atoms in total. The Labute approximate surface area is 146 Å². The molecule has 2 aromatic rings. The second kappa shape index (κ2) is 5.51. The van der Waals surface area contributed by atoms with E-state index in [0.29, 0.717) is 17.4 Å². The number of rotatable bonds is 3. The third-order valence-electron chi connectivity index (χ3n) is 6.56. The SMILES string of the molecule is CC1(C)[C@@H]2CC[C@]1(C)/C(=N/NC(=O)c1ccc(-c3nnco3)cc1)C2. The highest BCUT2D eigenvalue weighted by molar-refractivity contribution is 5.98. The average molecular weight is 338 g/mol. The fourth-order valence-corrected chi connectivity index (χ4v) is 4.34. The second-order valence-electron chi connectivity index (χ2n) is 7.81. The van der Waals surface area contributed by atoms with Gasteiger partial charge in [0.25, 0.3) is 5.91 Å². The van der Waals surface area contributed by atoms with Crippen molar-refractivity contribution in [1.29, 1.82) is 0 Å². The Morgan fingerprint density at radius 3 is 2.60 bits per heavy atom. The zero-order chi connectivity index (χ0) is 17.7. The summed E-state index contributed by atoms with van der Waals surface area (Å²) >= 11 is 0. The zero-order valence-corrected chi connectivity index (χ0v) is 14.7. The molecule has 0 radical (unpaired) electrons. The summed E-state index contributed by atoms with van der Waals surface area (Å²) in [6.07, 6.45) is 4.68. The van der Waals surface area contributed by atoms with E-state index in [1.165, 1.54) is 12.8 Å². The molecule has 0 aliphatic heterocycles. The number of benzene rings is 1. The van der Waals surface area contributed by atoms with Crippen molar-refractivity contribution < 1.29 is 9.21 Å². The molecule has 0 spiro atoms. The Kier molecular flexibility index (Phi) is 3.52. The summed E-state index contributed by atoms with van der Waals surface area (Å²) in [4.78, 5) is 12.4. The number of carbonyl (C=O) groups excluding carboxylic acids is 1. The van der Waals surface area contributed by atoms with Gasteiger partial charge in [-0.3, -0.25) is 4.79 Å². The maximum atomic E-state index is 12.4. The Morgan fingerprint density at radius 1 is 1.28 bits per heavy atom. The molecule has 1 aromatic heterocycles. The van der Waals surface area contributed by atoms with E-state index in [2.05, 4.69) is 41.5 Å². The molecular weight excluding hydrogens is 316 g/mol. The van der Waals surface area contributed by atoms with Crippen molar-refractivity contribution in [3.8, 4) is 11.5 Å². The number of carbonyl (C=O) groups is 1. The van der Waals surface area contributed by atoms with Gasteiger partial charge in [-0.05, 0) is 54.9 Å². The quantitative estimate of drug-likeness (QED) is 0.866. The molecule has 4 rings (SSSR count). The van der Waals surface area contributed by atoms with Crippen LogP contribution in [0.3, 0.4) is 0 Å². The highest BCUT2D eigenvalue weighted by Gasteiger charge is 2.60. The van der Waals surface area contributed by atoms with Crippen LogP contribution in [0.1, 0.15) is 50.4 Å². The zero-order valence-electron chi connectivity index (χ0n) is 14.7. The van der Waals surface area contributed by atoms with Crippen LogP contribution in [0.25, 0.3) is 11.5 Å². The van der Waals surface area contributed by atoms with E-state index in [0.717, 1.165) is 24.1 Å². The lowest BCUT2D eigenvalue weighted by atomic mass is 9.70. The van der Waals surface area contributed by atoms with Crippen LogP contribution in [0, 0.1) is 16.7 Å². The Hall–Kier alpha value is -2.50. The Morgan fingerprint density at radius 2 is 2.04 bits per heavy atom. The monoisotopic (exact) mass is 338 g/mol. The van der Waals surface area contributed by atoms with Crippen LogP contribution in [0.2, 0.25) is 0 Å². The number of hydrogen-bond acceptors (Lipinski definition) is 5. The Balaban J connectivity index is 1.48. The van der Waals surface area contributed by atoms with Crippen molar-refractivity contribution in [2.75, 3.05) is 0 Å². The van der Waals surface area contributed by atoms with E-state index in [1.54, 1.807) is 24.3 Å².